The van der Waals surface area contributed by atoms with Crippen molar-refractivity contribution in [2.75, 3.05) is 7.11 Å². The zero-order valence-corrected chi connectivity index (χ0v) is 13.8. The smallest absolute Gasteiger partial charge is 0.137 e. The molecule has 102 valence electrons. The molecule has 0 fully saturated rings. The molecule has 0 bridgehead atoms. The predicted molar refractivity (Wildman–Crippen MR) is 80.1 cm³/mol. The number of para-hydroxylation sites is 1. The zero-order valence-electron chi connectivity index (χ0n) is 11.4. The maximum atomic E-state index is 12.1. The first-order valence-corrected chi connectivity index (χ1v) is 7.72. The van der Waals surface area contributed by atoms with E-state index in [0.29, 0.717) is 0 Å². The summed E-state index contributed by atoms with van der Waals surface area (Å²) in [6, 6.07) is 5.80. The van der Waals surface area contributed by atoms with E-state index in [4.69, 9.17) is 4.74 Å². The van der Waals surface area contributed by atoms with Crippen LogP contribution in [0.5, 0.6) is 5.75 Å². The molecule has 1 unspecified atom stereocenters. The zero-order chi connectivity index (χ0) is 13.9. The number of hydrogen-bond acceptors (Lipinski definition) is 3. The highest BCUT2D eigenvalue weighted by Gasteiger charge is 2.29. The Labute approximate surface area is 121 Å². The molecule has 0 saturated carbocycles. The minimum Gasteiger partial charge on any atom is -0.598 e. The summed E-state index contributed by atoms with van der Waals surface area (Å²) in [4.78, 5) is 0. The van der Waals surface area contributed by atoms with Gasteiger partial charge in [-0.05, 0) is 49.7 Å². The van der Waals surface area contributed by atoms with E-state index in [0.717, 1.165) is 15.8 Å². The van der Waals surface area contributed by atoms with Gasteiger partial charge in [-0.1, -0.05) is 12.1 Å². The van der Waals surface area contributed by atoms with Crippen LogP contribution in [0.1, 0.15) is 39.3 Å². The van der Waals surface area contributed by atoms with Gasteiger partial charge >= 0.3 is 0 Å². The Morgan fingerprint density at radius 3 is 2.50 bits per heavy atom. The third kappa shape index (κ3) is 3.88. The molecule has 18 heavy (non-hydrogen) atoms. The number of methoxy groups -OCH3 is 1. The predicted octanol–water partition coefficient (Wildman–Crippen LogP) is 3.57. The van der Waals surface area contributed by atoms with Crippen LogP contribution in [0.3, 0.4) is 0 Å². The van der Waals surface area contributed by atoms with Crippen LogP contribution in [0.25, 0.3) is 0 Å². The molecular weight excluding hydrogens is 314 g/mol. The highest BCUT2D eigenvalue weighted by molar-refractivity contribution is 9.10. The molecule has 0 aromatic heterocycles. The molecule has 5 heteroatoms. The van der Waals surface area contributed by atoms with Crippen molar-refractivity contribution in [2.24, 2.45) is 0 Å². The van der Waals surface area contributed by atoms with Gasteiger partial charge in [0.1, 0.15) is 10.5 Å². The lowest BCUT2D eigenvalue weighted by molar-refractivity contribution is 0.402. The van der Waals surface area contributed by atoms with E-state index < -0.39 is 11.4 Å². The third-order valence-corrected chi connectivity index (χ3v) is 4.81. The van der Waals surface area contributed by atoms with Crippen molar-refractivity contribution in [1.82, 2.24) is 4.72 Å². The summed E-state index contributed by atoms with van der Waals surface area (Å²) in [7, 11) is 1.64. The molecule has 0 spiro atoms. The van der Waals surface area contributed by atoms with Gasteiger partial charge in [0, 0.05) is 16.9 Å². The van der Waals surface area contributed by atoms with E-state index >= 15 is 0 Å². The van der Waals surface area contributed by atoms with Crippen molar-refractivity contribution in [1.29, 1.82) is 0 Å². The Bertz CT molecular complexity index is 406. The lowest BCUT2D eigenvalue weighted by Gasteiger charge is -2.27. The van der Waals surface area contributed by atoms with Crippen LogP contribution >= 0.6 is 15.9 Å². The molecule has 0 amide bonds. The van der Waals surface area contributed by atoms with Crippen LogP contribution in [0.4, 0.5) is 0 Å². The van der Waals surface area contributed by atoms with Crippen molar-refractivity contribution in [3.63, 3.8) is 0 Å². The largest absolute Gasteiger partial charge is 0.598 e. The normalized spacial score (nSPS) is 15.3. The van der Waals surface area contributed by atoms with Crippen LogP contribution in [-0.4, -0.2) is 16.4 Å². The lowest BCUT2D eigenvalue weighted by atomic mass is 10.1. The lowest BCUT2D eigenvalue weighted by Crippen LogP contribution is -2.40. The van der Waals surface area contributed by atoms with Gasteiger partial charge in [-0.15, -0.1) is 4.72 Å². The summed E-state index contributed by atoms with van der Waals surface area (Å²) >= 11 is 2.35. The molecule has 1 rings (SSSR count). The van der Waals surface area contributed by atoms with Gasteiger partial charge in [-0.3, -0.25) is 0 Å². The van der Waals surface area contributed by atoms with E-state index in [9.17, 15) is 4.55 Å². The van der Waals surface area contributed by atoms with E-state index in [2.05, 4.69) is 20.7 Å². The minimum absolute atomic E-state index is 0.0440. The van der Waals surface area contributed by atoms with Crippen LogP contribution in [0.2, 0.25) is 0 Å². The van der Waals surface area contributed by atoms with Crippen LogP contribution in [0.15, 0.2) is 22.7 Å². The van der Waals surface area contributed by atoms with Gasteiger partial charge in [0.25, 0.3) is 0 Å². The van der Waals surface area contributed by atoms with Gasteiger partial charge in [0.05, 0.1) is 17.6 Å². The second kappa shape index (κ2) is 6.28. The first kappa shape index (κ1) is 15.8. The van der Waals surface area contributed by atoms with Crippen molar-refractivity contribution >= 4 is 27.3 Å². The van der Waals surface area contributed by atoms with Crippen molar-refractivity contribution in [2.45, 2.75) is 38.5 Å². The average molecular weight is 334 g/mol. The van der Waals surface area contributed by atoms with Crippen molar-refractivity contribution in [3.8, 4) is 5.75 Å². The second-order valence-electron chi connectivity index (χ2n) is 5.08. The molecule has 2 atom stereocenters. The highest BCUT2D eigenvalue weighted by Crippen LogP contribution is 2.33. The summed E-state index contributed by atoms with van der Waals surface area (Å²) in [6.45, 7) is 7.82. The number of rotatable bonds is 4. The maximum Gasteiger partial charge on any atom is 0.137 e. The Kier molecular flexibility index (Phi) is 5.52. The molecular formula is C13H20BrNO2S. The first-order chi connectivity index (χ1) is 8.27. The number of nitrogens with one attached hydrogen (secondary N) is 1. The number of benzene rings is 1. The van der Waals surface area contributed by atoms with Gasteiger partial charge in [0.2, 0.25) is 0 Å². The summed E-state index contributed by atoms with van der Waals surface area (Å²) < 4.78 is 21.2. The van der Waals surface area contributed by atoms with E-state index in [1.54, 1.807) is 7.11 Å². The summed E-state index contributed by atoms with van der Waals surface area (Å²) in [5, 5.41) is 0. The fraction of sp³-hybridized carbons (Fsp3) is 0.538. The molecule has 3 nitrogen and oxygen atoms in total. The number of halogens is 1. The first-order valence-electron chi connectivity index (χ1n) is 5.77. The Balaban J connectivity index is 2.91. The number of hydrogen-bond donors (Lipinski definition) is 1. The molecule has 0 saturated heterocycles. The molecule has 1 aromatic carbocycles. The number of ether oxygens (including phenoxy) is 1. The monoisotopic (exact) mass is 333 g/mol. The van der Waals surface area contributed by atoms with E-state index in [-0.39, 0.29) is 10.8 Å². The summed E-state index contributed by atoms with van der Waals surface area (Å²) in [5.74, 6) is 0.781. The van der Waals surface area contributed by atoms with Crippen LogP contribution < -0.4 is 9.46 Å². The Hall–Kier alpha value is -0.230. The van der Waals surface area contributed by atoms with Crippen molar-refractivity contribution < 1.29 is 9.29 Å². The van der Waals surface area contributed by atoms with Gasteiger partial charge < -0.3 is 9.29 Å². The molecule has 1 aromatic rings. The van der Waals surface area contributed by atoms with Gasteiger partial charge in [-0.2, -0.15) is 0 Å². The minimum atomic E-state index is -1.11. The van der Waals surface area contributed by atoms with E-state index in [1.807, 2.05) is 45.9 Å². The molecule has 0 aliphatic rings. The maximum absolute atomic E-state index is 12.1. The fourth-order valence-corrected chi connectivity index (χ4v) is 2.83. The summed E-state index contributed by atoms with van der Waals surface area (Å²) in [6.07, 6.45) is 0. The van der Waals surface area contributed by atoms with Crippen LogP contribution in [0, 0.1) is 0 Å². The van der Waals surface area contributed by atoms with Gasteiger partial charge in [-0.25, -0.2) is 0 Å². The second-order valence-corrected chi connectivity index (χ2v) is 7.94. The molecule has 0 aliphatic carbocycles. The quantitative estimate of drug-likeness (QED) is 0.856. The van der Waals surface area contributed by atoms with Crippen molar-refractivity contribution in [3.05, 3.63) is 28.2 Å². The topological polar surface area (TPSA) is 44.3 Å². The summed E-state index contributed by atoms with van der Waals surface area (Å²) in [5.41, 5.74) is 0.990. The average Bonchev–Trinajstić information content (AvgIpc) is 2.27. The highest BCUT2D eigenvalue weighted by atomic mass is 79.9. The van der Waals surface area contributed by atoms with E-state index in [1.165, 1.54) is 0 Å². The standard InChI is InChI=1S/C13H20BrNO2S/c1-9(15-18(16)13(2,3)4)10-7-6-8-11(14)12(10)17-5/h6-9,15H,1-5H3/t9?,18-/m0/s1. The Morgan fingerprint density at radius 2 is 2.00 bits per heavy atom. The molecule has 1 N–H and O–H groups in total. The molecule has 0 heterocycles. The fourth-order valence-electron chi connectivity index (χ4n) is 1.48. The van der Waals surface area contributed by atoms with Crippen LogP contribution in [-0.2, 0) is 11.4 Å². The SMILES string of the molecule is COc1c(Br)cccc1C(C)N[S@@+]([O-])C(C)(C)C. The Morgan fingerprint density at radius 1 is 1.39 bits per heavy atom. The van der Waals surface area contributed by atoms with Gasteiger partial charge in [0.15, 0.2) is 0 Å². The molecule has 0 aliphatic heterocycles. The third-order valence-electron chi connectivity index (χ3n) is 2.51. The molecule has 0 radical (unpaired) electrons.